The van der Waals surface area contributed by atoms with Crippen molar-refractivity contribution in [3.63, 3.8) is 0 Å². The van der Waals surface area contributed by atoms with Crippen molar-refractivity contribution in [3.8, 4) is 5.75 Å². The fourth-order valence-electron chi connectivity index (χ4n) is 1.95. The van der Waals surface area contributed by atoms with Crippen LogP contribution in [-0.2, 0) is 6.42 Å². The van der Waals surface area contributed by atoms with Crippen LogP contribution < -0.4 is 10.1 Å². The van der Waals surface area contributed by atoms with Gasteiger partial charge >= 0.3 is 6.09 Å². The number of hydrogen-bond acceptors (Lipinski definition) is 2. The molecule has 0 saturated carbocycles. The summed E-state index contributed by atoms with van der Waals surface area (Å²) >= 11 is 0. The quantitative estimate of drug-likeness (QED) is 0.918. The Morgan fingerprint density at radius 1 is 1.10 bits per heavy atom. The molecule has 1 atom stereocenters. The van der Waals surface area contributed by atoms with Crippen molar-refractivity contribution in [2.45, 2.75) is 26.3 Å². The molecule has 0 aromatic heterocycles. The van der Waals surface area contributed by atoms with Gasteiger partial charge in [-0.25, -0.2) is 4.79 Å². The summed E-state index contributed by atoms with van der Waals surface area (Å²) in [7, 11) is 0. The molecule has 0 bridgehead atoms. The van der Waals surface area contributed by atoms with Crippen molar-refractivity contribution >= 4 is 6.09 Å². The summed E-state index contributed by atoms with van der Waals surface area (Å²) in [6.45, 7) is 4.02. The molecule has 0 heterocycles. The number of aryl methyl sites for hydroxylation is 1. The summed E-state index contributed by atoms with van der Waals surface area (Å²) < 4.78 is 5.19. The number of carbonyl (C=O) groups is 1. The number of amides is 1. The van der Waals surface area contributed by atoms with Crippen LogP contribution >= 0.6 is 0 Å². The Hall–Kier alpha value is -2.29. The number of hydrogen-bond donors (Lipinski definition) is 1. The predicted octanol–water partition coefficient (Wildman–Crippen LogP) is 3.71. The average Bonchev–Trinajstić information content (AvgIpc) is 2.42. The topological polar surface area (TPSA) is 38.3 Å². The van der Waals surface area contributed by atoms with Gasteiger partial charge in [-0.05, 0) is 38.0 Å². The molecule has 0 aliphatic heterocycles. The van der Waals surface area contributed by atoms with Crippen LogP contribution in [0.1, 0.15) is 18.1 Å². The summed E-state index contributed by atoms with van der Waals surface area (Å²) in [4.78, 5) is 11.7. The van der Waals surface area contributed by atoms with Crippen molar-refractivity contribution in [2.24, 2.45) is 0 Å². The van der Waals surface area contributed by atoms with E-state index in [2.05, 4.69) is 36.5 Å². The molecule has 3 heteroatoms. The minimum atomic E-state index is -0.421. The second-order valence-corrected chi connectivity index (χ2v) is 4.94. The highest BCUT2D eigenvalue weighted by atomic mass is 16.6. The molecule has 1 unspecified atom stereocenters. The zero-order valence-electron chi connectivity index (χ0n) is 11.8. The molecule has 1 amide bonds. The van der Waals surface area contributed by atoms with E-state index in [1.54, 1.807) is 12.1 Å². The Balaban J connectivity index is 1.83. The third-order valence-electron chi connectivity index (χ3n) is 2.98. The van der Waals surface area contributed by atoms with Crippen LogP contribution in [0.5, 0.6) is 5.75 Å². The fraction of sp³-hybridized carbons (Fsp3) is 0.235. The summed E-state index contributed by atoms with van der Waals surface area (Å²) in [6.07, 6.45) is 0.361. The molecule has 0 aliphatic carbocycles. The third-order valence-corrected chi connectivity index (χ3v) is 2.98. The highest BCUT2D eigenvalue weighted by Gasteiger charge is 2.09. The summed E-state index contributed by atoms with van der Waals surface area (Å²) in [6, 6.07) is 17.4. The lowest BCUT2D eigenvalue weighted by Gasteiger charge is -2.14. The van der Waals surface area contributed by atoms with Crippen LogP contribution in [0.15, 0.2) is 54.6 Å². The number of nitrogens with one attached hydrogen (secondary N) is 1. The lowest BCUT2D eigenvalue weighted by atomic mass is 10.1. The van der Waals surface area contributed by atoms with E-state index >= 15 is 0 Å². The van der Waals surface area contributed by atoms with E-state index in [1.807, 2.05) is 25.1 Å². The maximum absolute atomic E-state index is 11.7. The molecule has 0 saturated heterocycles. The van der Waals surface area contributed by atoms with E-state index < -0.39 is 6.09 Å². The molecule has 2 aromatic carbocycles. The van der Waals surface area contributed by atoms with Crippen LogP contribution in [0.4, 0.5) is 4.79 Å². The second-order valence-electron chi connectivity index (χ2n) is 4.94. The van der Waals surface area contributed by atoms with Gasteiger partial charge in [0.25, 0.3) is 0 Å². The molecule has 2 aromatic rings. The Kier molecular flexibility index (Phi) is 4.77. The highest BCUT2D eigenvalue weighted by molar-refractivity contribution is 5.70. The Labute approximate surface area is 119 Å². The lowest BCUT2D eigenvalue weighted by Crippen LogP contribution is -2.36. The van der Waals surface area contributed by atoms with Gasteiger partial charge in [-0.2, -0.15) is 0 Å². The number of carbonyl (C=O) groups excluding carboxylic acids is 1. The molecule has 0 aliphatic rings. The molecule has 3 nitrogen and oxygen atoms in total. The Bertz CT molecular complexity index is 549. The predicted molar refractivity (Wildman–Crippen MR) is 79.9 cm³/mol. The standard InChI is InChI=1S/C17H19NO2/c1-13-8-10-15(11-9-13)12-14(2)18-17(19)20-16-6-4-3-5-7-16/h3-11,14H,12H2,1-2H3,(H,18,19). The van der Waals surface area contributed by atoms with Gasteiger partial charge in [0.05, 0.1) is 0 Å². The lowest BCUT2D eigenvalue weighted by molar-refractivity contribution is 0.197. The van der Waals surface area contributed by atoms with Gasteiger partial charge in [0.2, 0.25) is 0 Å². The third kappa shape index (κ3) is 4.43. The molecule has 0 spiro atoms. The smallest absolute Gasteiger partial charge is 0.410 e. The first-order valence-electron chi connectivity index (χ1n) is 6.72. The van der Waals surface area contributed by atoms with Crippen molar-refractivity contribution < 1.29 is 9.53 Å². The summed E-state index contributed by atoms with van der Waals surface area (Å²) in [5.41, 5.74) is 2.43. The second kappa shape index (κ2) is 6.75. The maximum Gasteiger partial charge on any atom is 0.412 e. The van der Waals surface area contributed by atoms with E-state index in [0.717, 1.165) is 6.42 Å². The highest BCUT2D eigenvalue weighted by Crippen LogP contribution is 2.09. The minimum Gasteiger partial charge on any atom is -0.410 e. The van der Waals surface area contributed by atoms with E-state index in [9.17, 15) is 4.79 Å². The first kappa shape index (κ1) is 14.1. The van der Waals surface area contributed by atoms with Crippen LogP contribution in [0.25, 0.3) is 0 Å². The molecule has 0 fully saturated rings. The van der Waals surface area contributed by atoms with Gasteiger partial charge in [0.15, 0.2) is 0 Å². The van der Waals surface area contributed by atoms with Gasteiger partial charge in [-0.1, -0.05) is 48.0 Å². The maximum atomic E-state index is 11.7. The summed E-state index contributed by atoms with van der Waals surface area (Å²) in [5, 5.41) is 2.83. The fourth-order valence-corrected chi connectivity index (χ4v) is 1.95. The Morgan fingerprint density at radius 2 is 1.75 bits per heavy atom. The molecule has 104 valence electrons. The number of ether oxygens (including phenoxy) is 1. The SMILES string of the molecule is Cc1ccc(CC(C)NC(=O)Oc2ccccc2)cc1. The van der Waals surface area contributed by atoms with E-state index in [0.29, 0.717) is 5.75 Å². The van der Waals surface area contributed by atoms with Crippen LogP contribution in [0.2, 0.25) is 0 Å². The molecule has 1 N–H and O–H groups in total. The Morgan fingerprint density at radius 3 is 2.40 bits per heavy atom. The van der Waals surface area contributed by atoms with Crippen molar-refractivity contribution in [1.29, 1.82) is 0 Å². The van der Waals surface area contributed by atoms with Gasteiger partial charge in [0, 0.05) is 6.04 Å². The zero-order valence-corrected chi connectivity index (χ0v) is 11.8. The molecule has 0 radical (unpaired) electrons. The normalized spacial score (nSPS) is 11.7. The molecule has 2 rings (SSSR count). The average molecular weight is 269 g/mol. The van der Waals surface area contributed by atoms with E-state index in [-0.39, 0.29) is 6.04 Å². The number of benzene rings is 2. The first-order valence-corrected chi connectivity index (χ1v) is 6.72. The van der Waals surface area contributed by atoms with Crippen molar-refractivity contribution in [2.75, 3.05) is 0 Å². The van der Waals surface area contributed by atoms with Gasteiger partial charge < -0.3 is 10.1 Å². The molecular weight excluding hydrogens is 250 g/mol. The van der Waals surface area contributed by atoms with Crippen molar-refractivity contribution in [1.82, 2.24) is 5.32 Å². The first-order chi connectivity index (χ1) is 9.63. The molecule has 20 heavy (non-hydrogen) atoms. The van der Waals surface area contributed by atoms with Gasteiger partial charge in [-0.3, -0.25) is 0 Å². The van der Waals surface area contributed by atoms with E-state index in [4.69, 9.17) is 4.74 Å². The largest absolute Gasteiger partial charge is 0.412 e. The number of rotatable bonds is 4. The van der Waals surface area contributed by atoms with E-state index in [1.165, 1.54) is 11.1 Å². The monoisotopic (exact) mass is 269 g/mol. The van der Waals surface area contributed by atoms with Gasteiger partial charge in [-0.15, -0.1) is 0 Å². The summed E-state index contributed by atoms with van der Waals surface area (Å²) in [5.74, 6) is 0.549. The van der Waals surface area contributed by atoms with Crippen LogP contribution in [0.3, 0.4) is 0 Å². The van der Waals surface area contributed by atoms with Gasteiger partial charge in [0.1, 0.15) is 5.75 Å². The minimum absolute atomic E-state index is 0.0221. The van der Waals surface area contributed by atoms with Crippen LogP contribution in [0, 0.1) is 6.92 Å². The molecular formula is C17H19NO2. The zero-order chi connectivity index (χ0) is 14.4. The number of para-hydroxylation sites is 1. The van der Waals surface area contributed by atoms with Crippen molar-refractivity contribution in [3.05, 3.63) is 65.7 Å². The van der Waals surface area contributed by atoms with Crippen LogP contribution in [-0.4, -0.2) is 12.1 Å².